The number of benzene rings is 2. The lowest BCUT2D eigenvalue weighted by Gasteiger charge is -2.18. The molecular formula is C24H30N2O7S. The number of anilines is 1. The van der Waals surface area contributed by atoms with Crippen molar-refractivity contribution in [2.24, 2.45) is 0 Å². The van der Waals surface area contributed by atoms with E-state index in [4.69, 9.17) is 14.2 Å². The highest BCUT2D eigenvalue weighted by atomic mass is 32.2. The molecule has 1 aliphatic heterocycles. The van der Waals surface area contributed by atoms with Gasteiger partial charge in [-0.2, -0.15) is 4.31 Å². The molecule has 34 heavy (non-hydrogen) atoms. The molecule has 0 radical (unpaired) electrons. The molecule has 0 saturated heterocycles. The quantitative estimate of drug-likeness (QED) is 0.510. The van der Waals surface area contributed by atoms with Gasteiger partial charge in [0.25, 0.3) is 5.91 Å². The summed E-state index contributed by atoms with van der Waals surface area (Å²) in [5, 5.41) is 2.56. The van der Waals surface area contributed by atoms with Crippen LogP contribution < -0.4 is 14.8 Å². The topological polar surface area (TPSA) is 111 Å². The molecule has 0 bridgehead atoms. The van der Waals surface area contributed by atoms with Gasteiger partial charge in [0.15, 0.2) is 24.7 Å². The molecule has 184 valence electrons. The maximum Gasteiger partial charge on any atom is 0.344 e. The van der Waals surface area contributed by atoms with Crippen molar-refractivity contribution in [1.29, 1.82) is 0 Å². The smallest absolute Gasteiger partial charge is 0.344 e. The number of amides is 1. The van der Waals surface area contributed by atoms with E-state index >= 15 is 0 Å². The second-order valence-electron chi connectivity index (χ2n) is 8.39. The minimum absolute atomic E-state index is 0.137. The fourth-order valence-corrected chi connectivity index (χ4v) is 5.10. The third-order valence-electron chi connectivity index (χ3n) is 5.25. The molecule has 10 heteroatoms. The van der Waals surface area contributed by atoms with Crippen LogP contribution in [-0.2, 0) is 30.8 Å². The van der Waals surface area contributed by atoms with Crippen molar-refractivity contribution in [2.45, 2.75) is 44.6 Å². The zero-order valence-electron chi connectivity index (χ0n) is 19.8. The molecular weight excluding hydrogens is 460 g/mol. The molecule has 1 N–H and O–H groups in total. The molecule has 9 nitrogen and oxygen atoms in total. The SMILES string of the molecule is CCN(CC)S(=O)(=O)c1ccc(NC(=O)COC(=O)COc2cccc3c2OC(C)(C)C3)cc1. The van der Waals surface area contributed by atoms with E-state index in [-0.39, 0.29) is 17.1 Å². The van der Waals surface area contributed by atoms with Gasteiger partial charge in [0.05, 0.1) is 4.90 Å². The van der Waals surface area contributed by atoms with E-state index in [1.165, 1.54) is 28.6 Å². The van der Waals surface area contributed by atoms with Crippen LogP contribution in [0, 0.1) is 0 Å². The van der Waals surface area contributed by atoms with E-state index in [0.29, 0.717) is 30.3 Å². The molecule has 0 aromatic heterocycles. The molecule has 1 heterocycles. The minimum atomic E-state index is -3.58. The molecule has 0 fully saturated rings. The fourth-order valence-electron chi connectivity index (χ4n) is 3.65. The molecule has 3 rings (SSSR count). The Kier molecular flexibility index (Phi) is 7.83. The second-order valence-corrected chi connectivity index (χ2v) is 10.3. The summed E-state index contributed by atoms with van der Waals surface area (Å²) in [4.78, 5) is 24.3. The molecule has 2 aromatic rings. The average molecular weight is 491 g/mol. The van der Waals surface area contributed by atoms with E-state index in [0.717, 1.165) is 12.0 Å². The lowest BCUT2D eigenvalue weighted by atomic mass is 10.0. The number of carbonyl (C=O) groups excluding carboxylic acids is 2. The number of ether oxygens (including phenoxy) is 3. The van der Waals surface area contributed by atoms with Gasteiger partial charge >= 0.3 is 5.97 Å². The lowest BCUT2D eigenvalue weighted by Crippen LogP contribution is -2.30. The standard InChI is InChI=1S/C24H30N2O7S/c1-5-26(6-2)34(29,30)19-12-10-18(11-13-19)25-21(27)15-32-22(28)16-31-20-9-7-8-17-14-24(3,4)33-23(17)20/h7-13H,5-6,14-16H2,1-4H3,(H,25,27). The molecule has 2 aromatic carbocycles. The predicted octanol–water partition coefficient (Wildman–Crippen LogP) is 2.99. The molecule has 1 aliphatic rings. The Hall–Kier alpha value is -3.11. The molecule has 0 atom stereocenters. The van der Waals surface area contributed by atoms with Crippen LogP contribution in [0.3, 0.4) is 0 Å². The lowest BCUT2D eigenvalue weighted by molar-refractivity contribution is -0.149. The van der Waals surface area contributed by atoms with Gasteiger partial charge in [-0.25, -0.2) is 13.2 Å². The van der Waals surface area contributed by atoms with Crippen LogP contribution in [0.15, 0.2) is 47.4 Å². The third-order valence-corrected chi connectivity index (χ3v) is 7.31. The average Bonchev–Trinajstić information content (AvgIpc) is 3.11. The maximum absolute atomic E-state index is 12.5. The number of para-hydroxylation sites is 1. The Bertz CT molecular complexity index is 1140. The van der Waals surface area contributed by atoms with Crippen molar-refractivity contribution in [3.63, 3.8) is 0 Å². The molecule has 0 saturated carbocycles. The van der Waals surface area contributed by atoms with E-state index < -0.39 is 28.5 Å². The Balaban J connectivity index is 1.48. The van der Waals surface area contributed by atoms with Crippen LogP contribution >= 0.6 is 0 Å². The van der Waals surface area contributed by atoms with E-state index in [9.17, 15) is 18.0 Å². The highest BCUT2D eigenvalue weighted by molar-refractivity contribution is 7.89. The maximum atomic E-state index is 12.5. The Morgan fingerprint density at radius 2 is 1.74 bits per heavy atom. The Morgan fingerprint density at radius 1 is 1.06 bits per heavy atom. The van der Waals surface area contributed by atoms with Crippen LogP contribution in [0.5, 0.6) is 11.5 Å². The second kappa shape index (κ2) is 10.4. The van der Waals surface area contributed by atoms with Crippen molar-refractivity contribution in [3.8, 4) is 11.5 Å². The third kappa shape index (κ3) is 6.06. The zero-order valence-corrected chi connectivity index (χ0v) is 20.6. The zero-order chi connectivity index (χ0) is 24.9. The predicted molar refractivity (Wildman–Crippen MR) is 126 cm³/mol. The first-order valence-corrected chi connectivity index (χ1v) is 12.5. The highest BCUT2D eigenvalue weighted by Crippen LogP contribution is 2.41. The number of hydrogen-bond acceptors (Lipinski definition) is 7. The fraction of sp³-hybridized carbons (Fsp3) is 0.417. The van der Waals surface area contributed by atoms with E-state index in [2.05, 4.69) is 5.32 Å². The Labute approximate surface area is 200 Å². The number of carbonyl (C=O) groups is 2. The van der Waals surface area contributed by atoms with Crippen molar-refractivity contribution in [1.82, 2.24) is 4.31 Å². The van der Waals surface area contributed by atoms with Crippen LogP contribution in [0.2, 0.25) is 0 Å². The summed E-state index contributed by atoms with van der Waals surface area (Å²) >= 11 is 0. The summed E-state index contributed by atoms with van der Waals surface area (Å²) in [5.41, 5.74) is 1.05. The summed E-state index contributed by atoms with van der Waals surface area (Å²) < 4.78 is 42.8. The van der Waals surface area contributed by atoms with Gasteiger partial charge in [0, 0.05) is 30.8 Å². The van der Waals surface area contributed by atoms with Crippen molar-refractivity contribution >= 4 is 27.6 Å². The van der Waals surface area contributed by atoms with Gasteiger partial charge in [-0.3, -0.25) is 4.79 Å². The Morgan fingerprint density at radius 3 is 2.38 bits per heavy atom. The first kappa shape index (κ1) is 25.5. The number of fused-ring (bicyclic) bond motifs is 1. The van der Waals surface area contributed by atoms with Crippen LogP contribution in [0.4, 0.5) is 5.69 Å². The van der Waals surface area contributed by atoms with Crippen LogP contribution in [-0.4, -0.2) is 56.5 Å². The monoisotopic (exact) mass is 490 g/mol. The van der Waals surface area contributed by atoms with Gasteiger partial charge in [-0.05, 0) is 44.2 Å². The summed E-state index contributed by atoms with van der Waals surface area (Å²) in [6.07, 6.45) is 0.743. The first-order valence-electron chi connectivity index (χ1n) is 11.0. The number of nitrogens with one attached hydrogen (secondary N) is 1. The number of sulfonamides is 1. The van der Waals surface area contributed by atoms with E-state index in [1.54, 1.807) is 19.9 Å². The van der Waals surface area contributed by atoms with Crippen molar-refractivity contribution in [3.05, 3.63) is 48.0 Å². The minimum Gasteiger partial charge on any atom is -0.483 e. The summed E-state index contributed by atoms with van der Waals surface area (Å²) in [5.74, 6) is -0.196. The summed E-state index contributed by atoms with van der Waals surface area (Å²) in [7, 11) is -3.58. The van der Waals surface area contributed by atoms with Gasteiger partial charge in [0.1, 0.15) is 5.60 Å². The number of rotatable bonds is 10. The summed E-state index contributed by atoms with van der Waals surface area (Å²) in [6.45, 7) is 7.34. The molecule has 0 unspecified atom stereocenters. The van der Waals surface area contributed by atoms with Gasteiger partial charge in [-0.15, -0.1) is 0 Å². The largest absolute Gasteiger partial charge is 0.483 e. The molecule has 1 amide bonds. The molecule has 0 aliphatic carbocycles. The van der Waals surface area contributed by atoms with Crippen LogP contribution in [0.25, 0.3) is 0 Å². The number of nitrogens with zero attached hydrogens (tertiary/aromatic N) is 1. The van der Waals surface area contributed by atoms with E-state index in [1.807, 2.05) is 26.0 Å². The molecule has 0 spiro atoms. The van der Waals surface area contributed by atoms with Crippen molar-refractivity contribution in [2.75, 3.05) is 31.6 Å². The number of esters is 1. The van der Waals surface area contributed by atoms with Gasteiger partial charge in [0.2, 0.25) is 10.0 Å². The first-order chi connectivity index (χ1) is 16.1. The van der Waals surface area contributed by atoms with Gasteiger partial charge in [-0.1, -0.05) is 26.0 Å². The number of hydrogen-bond donors (Lipinski definition) is 1. The summed E-state index contributed by atoms with van der Waals surface area (Å²) in [6, 6.07) is 11.3. The van der Waals surface area contributed by atoms with Crippen molar-refractivity contribution < 1.29 is 32.2 Å². The van der Waals surface area contributed by atoms with Gasteiger partial charge < -0.3 is 19.5 Å². The normalized spacial score (nSPS) is 14.3. The van der Waals surface area contributed by atoms with Crippen LogP contribution in [0.1, 0.15) is 33.3 Å². The highest BCUT2D eigenvalue weighted by Gasteiger charge is 2.32.